The van der Waals surface area contributed by atoms with Gasteiger partial charge in [-0.05, 0) is 73.2 Å². The number of carbonyl (C=O) groups is 2. The SMILES string of the molecule is O=C(O)c1ccc2nc(CN3CCC(N4Cc5ccccc5N(CCc5ccc(Cl)cc5F)C4=O)CC3)n(C[C@@H]3CCO3)c2c1. The Labute approximate surface area is 265 Å². The summed E-state index contributed by atoms with van der Waals surface area (Å²) in [6.45, 7) is 4.54. The van der Waals surface area contributed by atoms with E-state index in [0.717, 1.165) is 67.1 Å². The van der Waals surface area contributed by atoms with Crippen LogP contribution in [-0.4, -0.2) is 74.8 Å². The third-order valence-electron chi connectivity index (χ3n) is 9.34. The van der Waals surface area contributed by atoms with E-state index < -0.39 is 5.97 Å². The highest BCUT2D eigenvalue weighted by Crippen LogP contribution is 2.33. The number of rotatable bonds is 9. The van der Waals surface area contributed by atoms with Crippen LogP contribution in [0.5, 0.6) is 0 Å². The molecular weight excluding hydrogens is 597 g/mol. The Hall–Kier alpha value is -3.99. The van der Waals surface area contributed by atoms with Crippen LogP contribution in [0.2, 0.25) is 5.02 Å². The van der Waals surface area contributed by atoms with Crippen molar-refractivity contribution in [2.45, 2.75) is 57.5 Å². The zero-order chi connectivity index (χ0) is 31.1. The van der Waals surface area contributed by atoms with Crippen LogP contribution in [0.25, 0.3) is 11.0 Å². The average Bonchev–Trinajstić information content (AvgIpc) is 3.35. The minimum absolute atomic E-state index is 0.0435. The Morgan fingerprint density at radius 2 is 1.87 bits per heavy atom. The summed E-state index contributed by atoms with van der Waals surface area (Å²) in [5, 5.41) is 9.91. The molecule has 1 atom stereocenters. The van der Waals surface area contributed by atoms with Crippen molar-refractivity contribution in [1.82, 2.24) is 19.4 Å². The second kappa shape index (κ2) is 12.4. The van der Waals surface area contributed by atoms with Crippen LogP contribution in [0.1, 0.15) is 46.6 Å². The van der Waals surface area contributed by atoms with Gasteiger partial charge >= 0.3 is 12.0 Å². The second-order valence-corrected chi connectivity index (χ2v) is 12.5. The molecule has 0 unspecified atom stereocenters. The van der Waals surface area contributed by atoms with E-state index >= 15 is 0 Å². The van der Waals surface area contributed by atoms with Gasteiger partial charge in [-0.15, -0.1) is 0 Å². The monoisotopic (exact) mass is 631 g/mol. The number of aromatic nitrogens is 2. The lowest BCUT2D eigenvalue weighted by Gasteiger charge is -2.44. The first-order chi connectivity index (χ1) is 21.8. The molecule has 11 heteroatoms. The number of carbonyl (C=O) groups excluding carboxylic acids is 1. The van der Waals surface area contributed by atoms with Gasteiger partial charge in [0.1, 0.15) is 11.6 Å². The molecule has 234 valence electrons. The Morgan fingerprint density at radius 3 is 2.60 bits per heavy atom. The number of aromatic carboxylic acids is 1. The van der Waals surface area contributed by atoms with E-state index in [1.807, 2.05) is 23.1 Å². The summed E-state index contributed by atoms with van der Waals surface area (Å²) in [6, 6.07) is 17.7. The zero-order valence-electron chi connectivity index (χ0n) is 24.9. The Kier molecular flexibility index (Phi) is 8.20. The van der Waals surface area contributed by atoms with Crippen molar-refractivity contribution < 1.29 is 23.8 Å². The fourth-order valence-corrected chi connectivity index (χ4v) is 6.89. The number of nitrogens with zero attached hydrogens (tertiary/aromatic N) is 5. The maximum absolute atomic E-state index is 14.5. The summed E-state index contributed by atoms with van der Waals surface area (Å²) in [4.78, 5) is 36.6. The lowest BCUT2D eigenvalue weighted by Crippen LogP contribution is -2.54. The van der Waals surface area contributed by atoms with Crippen molar-refractivity contribution in [2.24, 2.45) is 0 Å². The minimum Gasteiger partial charge on any atom is -0.478 e. The van der Waals surface area contributed by atoms with Crippen molar-refractivity contribution in [1.29, 1.82) is 0 Å². The molecular formula is C34H35ClFN5O4. The first kappa shape index (κ1) is 29.7. The van der Waals surface area contributed by atoms with E-state index in [4.69, 9.17) is 21.3 Å². The van der Waals surface area contributed by atoms with Crippen molar-refractivity contribution in [2.75, 3.05) is 31.1 Å². The molecule has 4 aromatic rings. The third-order valence-corrected chi connectivity index (χ3v) is 9.57. The number of carboxylic acid groups (broad SMARTS) is 1. The lowest BCUT2D eigenvalue weighted by molar-refractivity contribution is -0.0592. The number of benzene rings is 3. The predicted molar refractivity (Wildman–Crippen MR) is 169 cm³/mol. The van der Waals surface area contributed by atoms with Crippen molar-refractivity contribution in [3.05, 3.63) is 94.0 Å². The number of anilines is 1. The molecule has 1 aromatic heterocycles. The molecule has 2 saturated heterocycles. The quantitative estimate of drug-likeness (QED) is 0.245. The van der Waals surface area contributed by atoms with Crippen molar-refractivity contribution >= 4 is 40.3 Å². The predicted octanol–water partition coefficient (Wildman–Crippen LogP) is 5.97. The van der Waals surface area contributed by atoms with E-state index in [-0.39, 0.29) is 29.6 Å². The molecule has 0 saturated carbocycles. The van der Waals surface area contributed by atoms with Gasteiger partial charge in [-0.25, -0.2) is 19.0 Å². The molecule has 3 aliphatic rings. The number of hydrogen-bond donors (Lipinski definition) is 1. The summed E-state index contributed by atoms with van der Waals surface area (Å²) in [5.41, 5.74) is 4.33. The lowest BCUT2D eigenvalue weighted by atomic mass is 10.00. The van der Waals surface area contributed by atoms with Crippen LogP contribution in [0.4, 0.5) is 14.9 Å². The first-order valence-electron chi connectivity index (χ1n) is 15.5. The van der Waals surface area contributed by atoms with Gasteiger partial charge in [0.2, 0.25) is 0 Å². The molecule has 45 heavy (non-hydrogen) atoms. The third kappa shape index (κ3) is 6.02. The van der Waals surface area contributed by atoms with Crippen LogP contribution in [0.15, 0.2) is 60.7 Å². The topological polar surface area (TPSA) is 91.1 Å². The van der Waals surface area contributed by atoms with Crippen LogP contribution >= 0.6 is 11.6 Å². The van der Waals surface area contributed by atoms with E-state index in [2.05, 4.69) is 15.5 Å². The van der Waals surface area contributed by atoms with Gasteiger partial charge in [-0.2, -0.15) is 0 Å². The van der Waals surface area contributed by atoms with E-state index in [9.17, 15) is 19.1 Å². The molecule has 2 amide bonds. The highest BCUT2D eigenvalue weighted by atomic mass is 35.5. The number of halogens is 2. The smallest absolute Gasteiger partial charge is 0.335 e. The summed E-state index contributed by atoms with van der Waals surface area (Å²) >= 11 is 5.94. The molecule has 4 heterocycles. The molecule has 7 rings (SSSR count). The molecule has 0 radical (unpaired) electrons. The Morgan fingerprint density at radius 1 is 1.07 bits per heavy atom. The van der Waals surface area contributed by atoms with Gasteiger partial charge in [0.15, 0.2) is 0 Å². The number of ether oxygens (including phenoxy) is 1. The highest BCUT2D eigenvalue weighted by Gasteiger charge is 2.36. The number of amides is 2. The number of likely N-dealkylation sites (tertiary alicyclic amines) is 1. The molecule has 0 bridgehead atoms. The maximum Gasteiger partial charge on any atom is 0.335 e. The van der Waals surface area contributed by atoms with Gasteiger partial charge < -0.3 is 19.3 Å². The fourth-order valence-electron chi connectivity index (χ4n) is 6.73. The van der Waals surface area contributed by atoms with Gasteiger partial charge in [-0.3, -0.25) is 9.80 Å². The van der Waals surface area contributed by atoms with E-state index in [1.165, 1.54) is 6.07 Å². The molecule has 3 aromatic carbocycles. The number of imidazole rings is 1. The summed E-state index contributed by atoms with van der Waals surface area (Å²) in [6.07, 6.45) is 3.11. The van der Waals surface area contributed by atoms with Gasteiger partial charge in [0.25, 0.3) is 0 Å². The largest absolute Gasteiger partial charge is 0.478 e. The Bertz CT molecular complexity index is 1750. The number of carboxylic acids is 1. The fraction of sp³-hybridized carbons (Fsp3) is 0.382. The summed E-state index contributed by atoms with van der Waals surface area (Å²) < 4.78 is 22.4. The average molecular weight is 632 g/mol. The van der Waals surface area contributed by atoms with Crippen LogP contribution < -0.4 is 4.90 Å². The minimum atomic E-state index is -0.959. The molecule has 9 nitrogen and oxygen atoms in total. The van der Waals surface area contributed by atoms with Crippen molar-refractivity contribution in [3.8, 4) is 0 Å². The van der Waals surface area contributed by atoms with Gasteiger partial charge in [0.05, 0.1) is 41.5 Å². The van der Waals surface area contributed by atoms with Crippen LogP contribution in [-0.2, 0) is 30.8 Å². The highest BCUT2D eigenvalue weighted by molar-refractivity contribution is 6.30. The molecule has 0 spiro atoms. The summed E-state index contributed by atoms with van der Waals surface area (Å²) in [7, 11) is 0. The van der Waals surface area contributed by atoms with Crippen LogP contribution in [0, 0.1) is 5.82 Å². The van der Waals surface area contributed by atoms with Gasteiger partial charge in [0, 0.05) is 43.9 Å². The molecule has 1 N–H and O–H groups in total. The molecule has 2 fully saturated rings. The molecule has 3 aliphatic heterocycles. The normalized spacial score (nSPS) is 19.2. The second-order valence-electron chi connectivity index (χ2n) is 12.1. The van der Waals surface area contributed by atoms with Crippen molar-refractivity contribution in [3.63, 3.8) is 0 Å². The number of fused-ring (bicyclic) bond motifs is 2. The number of hydrogen-bond acceptors (Lipinski definition) is 5. The maximum atomic E-state index is 14.5. The number of urea groups is 1. The standard InChI is InChI=1S/C34H35ClFN5O4/c35-25-7-5-22(28(36)18-25)9-15-39-30-4-2-1-3-24(30)19-40(34(39)44)26-10-13-38(14-11-26)21-32-37-29-8-6-23(33(42)43)17-31(29)41(32)20-27-12-16-45-27/h1-8,17-18,26-27H,9-16,19-21H2,(H,42,43)/t27-/m0/s1. The summed E-state index contributed by atoms with van der Waals surface area (Å²) in [5.74, 6) is -0.427. The first-order valence-corrected chi connectivity index (χ1v) is 15.9. The van der Waals surface area contributed by atoms with Crippen LogP contribution in [0.3, 0.4) is 0 Å². The van der Waals surface area contributed by atoms with E-state index in [0.29, 0.717) is 43.2 Å². The number of para-hydroxylation sites is 1. The Balaban J connectivity index is 1.05. The van der Waals surface area contributed by atoms with E-state index in [1.54, 1.807) is 35.2 Å². The zero-order valence-corrected chi connectivity index (χ0v) is 25.6. The number of piperidine rings is 1. The van der Waals surface area contributed by atoms with Gasteiger partial charge in [-0.1, -0.05) is 35.9 Å². The molecule has 0 aliphatic carbocycles.